The molecule has 1 aliphatic heterocycles. The Labute approximate surface area is 199 Å². The minimum absolute atomic E-state index is 0.294. The molecule has 0 spiro atoms. The van der Waals surface area contributed by atoms with E-state index in [1.807, 2.05) is 0 Å². The van der Waals surface area contributed by atoms with Gasteiger partial charge >= 0.3 is 0 Å². The van der Waals surface area contributed by atoms with Gasteiger partial charge in [0.05, 0.1) is 12.9 Å². The predicted molar refractivity (Wildman–Crippen MR) is 137 cm³/mol. The quantitative estimate of drug-likeness (QED) is 0.427. The number of hydrogen-bond donors (Lipinski definition) is 1. The zero-order valence-electron chi connectivity index (χ0n) is 21.2. The highest BCUT2D eigenvalue weighted by molar-refractivity contribution is 6.70. The average molecular weight is 508 g/mol. The molecule has 33 heavy (non-hydrogen) atoms. The van der Waals surface area contributed by atoms with Gasteiger partial charge in [-0.25, -0.2) is 15.0 Å². The fourth-order valence-electron chi connectivity index (χ4n) is 3.87. The Balaban J connectivity index is 2.18. The minimum Gasteiger partial charge on any atom is -0.415 e. The van der Waals surface area contributed by atoms with E-state index in [1.165, 1.54) is 6.33 Å². The van der Waals surface area contributed by atoms with Crippen molar-refractivity contribution in [1.29, 1.82) is 0 Å². The maximum Gasteiger partial charge on any atom is 0.191 e. The van der Waals surface area contributed by atoms with Crippen LogP contribution in [0.1, 0.15) is 6.23 Å². The topological polar surface area (TPSA) is 107 Å². The van der Waals surface area contributed by atoms with Crippen molar-refractivity contribution in [3.63, 3.8) is 0 Å². The third-order valence-electron chi connectivity index (χ3n) is 4.93. The number of anilines is 1. The number of aromatic nitrogens is 4. The fourth-order valence-corrected chi connectivity index (χ4v) is 6.91. The summed E-state index contributed by atoms with van der Waals surface area (Å²) in [7, 11) is -6.04. The number of rotatable bonds is 8. The fraction of sp³-hybridized carbons (Fsp3) is 0.667. The van der Waals surface area contributed by atoms with E-state index >= 15 is 0 Å². The summed E-state index contributed by atoms with van der Waals surface area (Å²) >= 11 is 0. The van der Waals surface area contributed by atoms with Crippen LogP contribution < -0.4 is 5.73 Å². The largest absolute Gasteiger partial charge is 0.415 e. The smallest absolute Gasteiger partial charge is 0.191 e. The monoisotopic (exact) mass is 507 g/mol. The second-order valence-electron chi connectivity index (χ2n) is 11.3. The molecule has 0 amide bonds. The summed E-state index contributed by atoms with van der Waals surface area (Å²) in [5, 5.41) is 0. The van der Waals surface area contributed by atoms with E-state index in [2.05, 4.69) is 79.8 Å². The molecule has 0 radical (unpaired) electrons. The Hall–Kier alpha value is -1.60. The summed E-state index contributed by atoms with van der Waals surface area (Å²) in [5.41, 5.74) is 5.87. The van der Waals surface area contributed by atoms with Crippen LogP contribution in [0.15, 0.2) is 12.7 Å². The molecule has 0 saturated carbocycles. The summed E-state index contributed by atoms with van der Waals surface area (Å²) in [4.78, 5) is 12.9. The number of imidazole rings is 1. The van der Waals surface area contributed by atoms with Crippen LogP contribution >= 0.6 is 0 Å². The molecule has 2 aromatic heterocycles. The van der Waals surface area contributed by atoms with Crippen LogP contribution in [0.4, 0.5) is 5.82 Å². The molecule has 1 saturated heterocycles. The lowest BCUT2D eigenvalue weighted by atomic mass is 9.95. The number of fused-ring (bicyclic) bond motifs is 1. The average Bonchev–Trinajstić information content (AvgIpc) is 3.18. The van der Waals surface area contributed by atoms with Crippen LogP contribution in [0.25, 0.3) is 11.2 Å². The molecule has 0 bridgehead atoms. The van der Waals surface area contributed by atoms with Crippen molar-refractivity contribution in [1.82, 2.24) is 19.5 Å². The van der Waals surface area contributed by atoms with E-state index in [1.54, 1.807) is 10.9 Å². The van der Waals surface area contributed by atoms with Gasteiger partial charge < -0.3 is 23.7 Å². The molecule has 1 fully saturated rings. The van der Waals surface area contributed by atoms with Crippen molar-refractivity contribution in [2.24, 2.45) is 0 Å². The van der Waals surface area contributed by atoms with Crippen LogP contribution in [0.2, 0.25) is 58.9 Å². The van der Waals surface area contributed by atoms with Crippen LogP contribution in [0.3, 0.4) is 0 Å². The molecule has 3 rings (SSSR count). The first-order valence-corrected chi connectivity index (χ1v) is 21.4. The van der Waals surface area contributed by atoms with Gasteiger partial charge in [-0.1, -0.05) is 5.92 Å². The first-order valence-electron chi connectivity index (χ1n) is 11.1. The molecule has 9 nitrogen and oxygen atoms in total. The zero-order valence-corrected chi connectivity index (χ0v) is 24.2. The first-order chi connectivity index (χ1) is 15.1. The lowest BCUT2D eigenvalue weighted by Crippen LogP contribution is -2.57. The van der Waals surface area contributed by atoms with Gasteiger partial charge in [-0.05, 0) is 58.9 Å². The van der Waals surface area contributed by atoms with Crippen molar-refractivity contribution < 1.29 is 18.0 Å². The third-order valence-corrected chi connectivity index (χ3v) is 7.88. The number of nitrogen functional groups attached to an aromatic ring is 1. The molecule has 182 valence electrons. The van der Waals surface area contributed by atoms with Crippen molar-refractivity contribution in [2.75, 3.05) is 12.3 Å². The van der Waals surface area contributed by atoms with Gasteiger partial charge in [-0.3, -0.25) is 4.57 Å². The summed E-state index contributed by atoms with van der Waals surface area (Å²) < 4.78 is 28.2. The number of ether oxygens (including phenoxy) is 1. The van der Waals surface area contributed by atoms with Crippen LogP contribution in [0, 0.1) is 12.3 Å². The van der Waals surface area contributed by atoms with Gasteiger partial charge in [0.25, 0.3) is 0 Å². The molecule has 2 N–H and O–H groups in total. The number of nitrogens with two attached hydrogens (primary N) is 1. The lowest BCUT2D eigenvalue weighted by Gasteiger charge is -2.41. The molecule has 3 heterocycles. The second kappa shape index (κ2) is 8.88. The van der Waals surface area contributed by atoms with Gasteiger partial charge in [0.2, 0.25) is 0 Å². The summed E-state index contributed by atoms with van der Waals surface area (Å²) in [5.74, 6) is 3.26. The van der Waals surface area contributed by atoms with E-state index in [4.69, 9.17) is 30.2 Å². The number of hydrogen-bond acceptors (Lipinski definition) is 8. The van der Waals surface area contributed by atoms with Gasteiger partial charge in [0, 0.05) is 0 Å². The predicted octanol–water partition coefficient (Wildman–Crippen LogP) is 3.60. The summed E-state index contributed by atoms with van der Waals surface area (Å²) in [6, 6.07) is 0. The highest BCUT2D eigenvalue weighted by Gasteiger charge is 2.61. The maximum absolute atomic E-state index is 6.78. The summed E-state index contributed by atoms with van der Waals surface area (Å²) in [6.45, 7) is 19.5. The van der Waals surface area contributed by atoms with Crippen LogP contribution in [-0.2, 0) is 18.0 Å². The Morgan fingerprint density at radius 3 is 2.27 bits per heavy atom. The van der Waals surface area contributed by atoms with Crippen molar-refractivity contribution in [2.45, 2.75) is 83.0 Å². The second-order valence-corrected chi connectivity index (χ2v) is 24.7. The highest BCUT2D eigenvalue weighted by Crippen LogP contribution is 2.46. The minimum atomic E-state index is -2.16. The van der Waals surface area contributed by atoms with Crippen molar-refractivity contribution >= 4 is 41.9 Å². The Bertz CT molecular complexity index is 1040. The molecular formula is C21H37N5O4Si3. The standard InChI is InChI=1S/C21H37N5O4Si3/c1-11-21(30-33(8,9)10)17(29-32(5,6)7)15(12-27-31(2,3)4)28-20(21)26-14-25-16-18(22)23-13-24-19(16)26/h1,13-15,17,20H,12H2,2-10H3,(H2,22,23,24)/t15-,17-,20-,21-/m1/s1. The van der Waals surface area contributed by atoms with Crippen LogP contribution in [-0.4, -0.2) is 68.9 Å². The maximum atomic E-state index is 6.78. The molecule has 0 unspecified atom stereocenters. The molecule has 0 aromatic carbocycles. The van der Waals surface area contributed by atoms with Gasteiger partial charge in [0.15, 0.2) is 48.2 Å². The van der Waals surface area contributed by atoms with E-state index in [0.717, 1.165) is 0 Å². The van der Waals surface area contributed by atoms with E-state index < -0.39 is 49.0 Å². The van der Waals surface area contributed by atoms with Crippen molar-refractivity contribution in [3.05, 3.63) is 12.7 Å². The van der Waals surface area contributed by atoms with E-state index in [9.17, 15) is 0 Å². The lowest BCUT2D eigenvalue weighted by molar-refractivity contribution is -0.0628. The summed E-state index contributed by atoms with van der Waals surface area (Å²) in [6.07, 6.45) is 7.67. The van der Waals surface area contributed by atoms with Gasteiger partial charge in [-0.15, -0.1) is 6.42 Å². The molecule has 12 heteroatoms. The van der Waals surface area contributed by atoms with Crippen molar-refractivity contribution in [3.8, 4) is 12.3 Å². The number of terminal acetylenes is 1. The molecule has 4 atom stereocenters. The highest BCUT2D eigenvalue weighted by atomic mass is 28.4. The molecular weight excluding hydrogens is 471 g/mol. The molecule has 1 aliphatic rings. The molecule has 0 aliphatic carbocycles. The third kappa shape index (κ3) is 5.73. The van der Waals surface area contributed by atoms with E-state index in [-0.39, 0.29) is 0 Å². The van der Waals surface area contributed by atoms with Gasteiger partial charge in [0.1, 0.15) is 24.1 Å². The number of nitrogens with zero attached hydrogens (tertiary/aromatic N) is 4. The normalized spacial score (nSPS) is 26.6. The van der Waals surface area contributed by atoms with Crippen LogP contribution in [0.5, 0.6) is 0 Å². The van der Waals surface area contributed by atoms with Gasteiger partial charge in [-0.2, -0.15) is 0 Å². The zero-order chi connectivity index (χ0) is 24.8. The van der Waals surface area contributed by atoms with E-state index in [0.29, 0.717) is 23.6 Å². The Morgan fingerprint density at radius 1 is 1.06 bits per heavy atom. The Kier molecular flexibility index (Phi) is 7.00. The SMILES string of the molecule is C#C[C@@]1(O[Si](C)(C)C)[C@H](O[Si](C)(C)C)[C@@H](CO[Si](C)(C)C)O[C@H]1n1cnc2c(N)ncnc21. The first kappa shape index (κ1) is 26.0. The molecule has 2 aromatic rings. The Morgan fingerprint density at radius 2 is 1.73 bits per heavy atom.